The smallest absolute Gasteiger partial charge is 0.234 e. The van der Waals surface area contributed by atoms with Crippen LogP contribution in [-0.2, 0) is 17.9 Å². The van der Waals surface area contributed by atoms with Crippen LogP contribution < -0.4 is 0 Å². The van der Waals surface area contributed by atoms with Gasteiger partial charge in [0.15, 0.2) is 0 Å². The second-order valence-corrected chi connectivity index (χ2v) is 9.94. The highest BCUT2D eigenvalue weighted by molar-refractivity contribution is 5.87. The first-order valence-electron chi connectivity index (χ1n) is 13.4. The number of carbonyl (C=O) groups is 1. The van der Waals surface area contributed by atoms with E-state index in [1.165, 1.54) is 5.56 Å². The van der Waals surface area contributed by atoms with Gasteiger partial charge in [0, 0.05) is 32.7 Å². The molecule has 5 nitrogen and oxygen atoms in total. The highest BCUT2D eigenvalue weighted by Crippen LogP contribution is 2.28. The number of fused-ring (bicyclic) bond motifs is 1. The molecule has 0 saturated carbocycles. The molecule has 0 N–H and O–H groups in total. The van der Waals surface area contributed by atoms with E-state index in [1.807, 2.05) is 47.4 Å². The zero-order valence-electron chi connectivity index (χ0n) is 21.5. The Labute approximate surface area is 224 Å². The monoisotopic (exact) mass is 500 g/mol. The summed E-state index contributed by atoms with van der Waals surface area (Å²) in [5, 5.41) is 0. The van der Waals surface area contributed by atoms with E-state index >= 15 is 0 Å². The molecule has 2 heterocycles. The Hall–Kier alpha value is -4.22. The number of para-hydroxylation sites is 2. The van der Waals surface area contributed by atoms with Crippen LogP contribution in [0.3, 0.4) is 0 Å². The van der Waals surface area contributed by atoms with E-state index in [-0.39, 0.29) is 11.8 Å². The van der Waals surface area contributed by atoms with Crippen LogP contribution in [0.15, 0.2) is 115 Å². The fraction of sp³-hybridized carbons (Fsp3) is 0.212. The molecule has 190 valence electrons. The topological polar surface area (TPSA) is 41.4 Å². The molecule has 1 amide bonds. The zero-order valence-corrected chi connectivity index (χ0v) is 21.5. The molecule has 1 fully saturated rings. The normalized spacial score (nSPS) is 14.3. The molecular weight excluding hydrogens is 468 g/mol. The van der Waals surface area contributed by atoms with Crippen LogP contribution in [-0.4, -0.2) is 51.4 Å². The number of imidazole rings is 1. The molecule has 0 unspecified atom stereocenters. The van der Waals surface area contributed by atoms with Crippen LogP contribution >= 0.6 is 0 Å². The molecule has 1 aliphatic heterocycles. The Balaban J connectivity index is 1.18. The summed E-state index contributed by atoms with van der Waals surface area (Å²) in [6, 6.07) is 39.2. The lowest BCUT2D eigenvalue weighted by atomic mass is 9.90. The van der Waals surface area contributed by atoms with Crippen molar-refractivity contribution in [2.75, 3.05) is 26.2 Å². The quantitative estimate of drug-likeness (QED) is 0.294. The maximum absolute atomic E-state index is 13.8. The number of benzene rings is 4. The highest BCUT2D eigenvalue weighted by atomic mass is 16.2. The summed E-state index contributed by atoms with van der Waals surface area (Å²) in [6.07, 6.45) is 0. The maximum atomic E-state index is 13.8. The second kappa shape index (κ2) is 11.0. The minimum atomic E-state index is -0.279. The molecule has 4 aromatic carbocycles. The van der Waals surface area contributed by atoms with Crippen molar-refractivity contribution in [2.24, 2.45) is 0 Å². The predicted octanol–water partition coefficient (Wildman–Crippen LogP) is 5.56. The van der Waals surface area contributed by atoms with E-state index in [2.05, 4.69) is 82.3 Å². The Morgan fingerprint density at radius 1 is 0.658 bits per heavy atom. The molecule has 1 aliphatic rings. The van der Waals surface area contributed by atoms with Crippen molar-refractivity contribution in [3.05, 3.63) is 138 Å². The van der Waals surface area contributed by atoms with Crippen LogP contribution in [0.25, 0.3) is 11.0 Å². The average molecular weight is 501 g/mol. The number of piperazine rings is 1. The molecule has 0 spiro atoms. The Kier molecular flexibility index (Phi) is 7.01. The van der Waals surface area contributed by atoms with Gasteiger partial charge in [-0.15, -0.1) is 0 Å². The number of hydrogen-bond acceptors (Lipinski definition) is 3. The van der Waals surface area contributed by atoms with Crippen molar-refractivity contribution in [1.82, 2.24) is 19.4 Å². The standard InChI is InChI=1S/C33H32N4O/c38-33(32(27-14-6-2-7-15-27)28-16-8-3-9-17-28)36-22-20-35(21-23-36)25-31-34-29-18-10-11-19-30(29)37(31)24-26-12-4-1-5-13-26/h1-19,32H,20-25H2. The van der Waals surface area contributed by atoms with Crippen molar-refractivity contribution in [3.8, 4) is 0 Å². The first-order chi connectivity index (χ1) is 18.8. The number of aromatic nitrogens is 2. The number of nitrogens with zero attached hydrogens (tertiary/aromatic N) is 4. The van der Waals surface area contributed by atoms with Gasteiger partial charge in [0.1, 0.15) is 5.82 Å². The first kappa shape index (κ1) is 24.1. The molecule has 1 saturated heterocycles. The van der Waals surface area contributed by atoms with Gasteiger partial charge in [-0.3, -0.25) is 9.69 Å². The summed E-state index contributed by atoms with van der Waals surface area (Å²) in [4.78, 5) is 23.3. The number of rotatable bonds is 7. The zero-order chi connectivity index (χ0) is 25.7. The number of carbonyl (C=O) groups excluding carboxylic acids is 1. The molecule has 5 heteroatoms. The number of amides is 1. The molecule has 0 radical (unpaired) electrons. The minimum absolute atomic E-state index is 0.179. The summed E-state index contributed by atoms with van der Waals surface area (Å²) in [6.45, 7) is 4.66. The van der Waals surface area contributed by atoms with Crippen molar-refractivity contribution in [2.45, 2.75) is 19.0 Å². The van der Waals surface area contributed by atoms with Crippen LogP contribution in [0, 0.1) is 0 Å². The molecule has 5 aromatic rings. The van der Waals surface area contributed by atoms with Crippen LogP contribution in [0.1, 0.15) is 28.4 Å². The van der Waals surface area contributed by atoms with Crippen LogP contribution in [0.4, 0.5) is 0 Å². The molecule has 38 heavy (non-hydrogen) atoms. The Morgan fingerprint density at radius 3 is 1.84 bits per heavy atom. The summed E-state index contributed by atoms with van der Waals surface area (Å²) in [5.41, 5.74) is 5.54. The molecule has 0 bridgehead atoms. The maximum Gasteiger partial charge on any atom is 0.234 e. The van der Waals surface area contributed by atoms with E-state index in [0.717, 1.165) is 54.2 Å². The van der Waals surface area contributed by atoms with E-state index < -0.39 is 0 Å². The van der Waals surface area contributed by atoms with Crippen molar-refractivity contribution in [3.63, 3.8) is 0 Å². The van der Waals surface area contributed by atoms with Gasteiger partial charge in [-0.25, -0.2) is 4.98 Å². The highest BCUT2D eigenvalue weighted by Gasteiger charge is 2.30. The largest absolute Gasteiger partial charge is 0.339 e. The van der Waals surface area contributed by atoms with Gasteiger partial charge in [-0.2, -0.15) is 0 Å². The van der Waals surface area contributed by atoms with Gasteiger partial charge >= 0.3 is 0 Å². The second-order valence-electron chi connectivity index (χ2n) is 9.94. The van der Waals surface area contributed by atoms with Crippen LogP contribution in [0.5, 0.6) is 0 Å². The SMILES string of the molecule is O=C(C(c1ccccc1)c1ccccc1)N1CCN(Cc2nc3ccccc3n2Cc2ccccc2)CC1. The van der Waals surface area contributed by atoms with Gasteiger partial charge < -0.3 is 9.47 Å². The molecule has 1 aromatic heterocycles. The molecular formula is C33H32N4O. The summed E-state index contributed by atoms with van der Waals surface area (Å²) in [7, 11) is 0. The van der Waals surface area contributed by atoms with Gasteiger partial charge in [0.25, 0.3) is 0 Å². The van der Waals surface area contributed by atoms with Crippen molar-refractivity contribution >= 4 is 16.9 Å². The number of hydrogen-bond donors (Lipinski definition) is 0. The molecule has 6 rings (SSSR count). The Bertz CT molecular complexity index is 1450. The van der Waals surface area contributed by atoms with Gasteiger partial charge in [0.2, 0.25) is 5.91 Å². The van der Waals surface area contributed by atoms with E-state index in [9.17, 15) is 4.79 Å². The third-order valence-corrected chi connectivity index (χ3v) is 7.48. The molecule has 0 atom stereocenters. The van der Waals surface area contributed by atoms with E-state index in [4.69, 9.17) is 4.98 Å². The van der Waals surface area contributed by atoms with Gasteiger partial charge in [0.05, 0.1) is 23.5 Å². The van der Waals surface area contributed by atoms with E-state index in [0.29, 0.717) is 13.1 Å². The fourth-order valence-corrected chi connectivity index (χ4v) is 5.47. The summed E-state index contributed by atoms with van der Waals surface area (Å²) >= 11 is 0. The lowest BCUT2D eigenvalue weighted by Crippen LogP contribution is -2.49. The lowest BCUT2D eigenvalue weighted by molar-refractivity contribution is -0.133. The van der Waals surface area contributed by atoms with Crippen molar-refractivity contribution < 1.29 is 4.79 Å². The van der Waals surface area contributed by atoms with Crippen LogP contribution in [0.2, 0.25) is 0 Å². The Morgan fingerprint density at radius 2 is 1.21 bits per heavy atom. The lowest BCUT2D eigenvalue weighted by Gasteiger charge is -2.36. The first-order valence-corrected chi connectivity index (χ1v) is 13.4. The predicted molar refractivity (Wildman–Crippen MR) is 152 cm³/mol. The average Bonchev–Trinajstić information content (AvgIpc) is 3.32. The van der Waals surface area contributed by atoms with Gasteiger partial charge in [-0.05, 0) is 28.8 Å². The van der Waals surface area contributed by atoms with E-state index in [1.54, 1.807) is 0 Å². The fourth-order valence-electron chi connectivity index (χ4n) is 5.47. The summed E-state index contributed by atoms with van der Waals surface area (Å²) in [5.74, 6) is 0.971. The summed E-state index contributed by atoms with van der Waals surface area (Å²) < 4.78 is 2.34. The van der Waals surface area contributed by atoms with Gasteiger partial charge in [-0.1, -0.05) is 103 Å². The van der Waals surface area contributed by atoms with Crippen molar-refractivity contribution in [1.29, 1.82) is 0 Å². The third-order valence-electron chi connectivity index (χ3n) is 7.48. The molecule has 0 aliphatic carbocycles. The third kappa shape index (κ3) is 5.11. The minimum Gasteiger partial charge on any atom is -0.339 e.